The molecule has 2 aromatic rings. The average Bonchev–Trinajstić information content (AvgIpc) is 2.70. The minimum atomic E-state index is 0.674. The van der Waals surface area contributed by atoms with Gasteiger partial charge in [0, 0.05) is 18.2 Å². The molecule has 0 aliphatic rings. The number of rotatable bonds is 4. The molecule has 0 aliphatic heterocycles. The summed E-state index contributed by atoms with van der Waals surface area (Å²) in [7, 11) is 0. The summed E-state index contributed by atoms with van der Waals surface area (Å²) in [6.45, 7) is 2.78. The van der Waals surface area contributed by atoms with Crippen molar-refractivity contribution in [1.29, 1.82) is 0 Å². The third-order valence-electron chi connectivity index (χ3n) is 2.48. The number of nitrogens with zero attached hydrogens (tertiary/aromatic N) is 1. The van der Waals surface area contributed by atoms with E-state index in [1.165, 1.54) is 16.1 Å². The van der Waals surface area contributed by atoms with E-state index in [0.29, 0.717) is 6.54 Å². The molecule has 2 rings (SSSR count). The maximum atomic E-state index is 5.50. The zero-order valence-corrected chi connectivity index (χ0v) is 10.3. The monoisotopic (exact) mass is 232 g/mol. The zero-order valence-electron chi connectivity index (χ0n) is 9.44. The number of aryl methyl sites for hydroxylation is 1. The zero-order chi connectivity index (χ0) is 11.4. The van der Waals surface area contributed by atoms with Crippen LogP contribution in [0.2, 0.25) is 0 Å². The van der Waals surface area contributed by atoms with Crippen LogP contribution < -0.4 is 5.73 Å². The molecule has 2 nitrogen and oxygen atoms in total. The van der Waals surface area contributed by atoms with E-state index in [9.17, 15) is 0 Å². The fourth-order valence-corrected chi connectivity index (χ4v) is 2.44. The van der Waals surface area contributed by atoms with Gasteiger partial charge in [0.25, 0.3) is 0 Å². The Balaban J connectivity index is 2.05. The number of benzene rings is 1. The predicted octanol–water partition coefficient (Wildman–Crippen LogP) is 2.54. The summed E-state index contributed by atoms with van der Waals surface area (Å²) < 4.78 is 0. The highest BCUT2D eigenvalue weighted by Crippen LogP contribution is 2.15. The quantitative estimate of drug-likeness (QED) is 0.880. The molecule has 0 atom stereocenters. The molecule has 0 spiro atoms. The van der Waals surface area contributed by atoms with Gasteiger partial charge in [-0.05, 0) is 19.0 Å². The molecule has 0 fully saturated rings. The molecule has 1 heterocycles. The molecule has 3 heteroatoms. The molecule has 84 valence electrons. The van der Waals surface area contributed by atoms with Gasteiger partial charge in [-0.1, -0.05) is 29.8 Å². The first-order valence-electron chi connectivity index (χ1n) is 5.47. The van der Waals surface area contributed by atoms with Gasteiger partial charge < -0.3 is 5.73 Å². The first kappa shape index (κ1) is 11.3. The van der Waals surface area contributed by atoms with Crippen molar-refractivity contribution in [3.05, 3.63) is 51.5 Å². The van der Waals surface area contributed by atoms with Crippen LogP contribution in [0.25, 0.3) is 0 Å². The molecule has 16 heavy (non-hydrogen) atoms. The highest BCUT2D eigenvalue weighted by molar-refractivity contribution is 7.09. The Labute approximate surface area is 100 Å². The van der Waals surface area contributed by atoms with E-state index in [1.807, 2.05) is 0 Å². The van der Waals surface area contributed by atoms with Crippen LogP contribution in [-0.4, -0.2) is 11.5 Å². The van der Waals surface area contributed by atoms with E-state index in [1.54, 1.807) is 11.3 Å². The lowest BCUT2D eigenvalue weighted by Crippen LogP contribution is -2.02. The molecule has 2 N–H and O–H groups in total. The summed E-state index contributed by atoms with van der Waals surface area (Å²) in [5.74, 6) is 0. The van der Waals surface area contributed by atoms with Crippen molar-refractivity contribution in [2.45, 2.75) is 19.8 Å². The van der Waals surface area contributed by atoms with Crippen molar-refractivity contribution < 1.29 is 0 Å². The van der Waals surface area contributed by atoms with Gasteiger partial charge in [0.05, 0.1) is 10.7 Å². The van der Waals surface area contributed by atoms with Gasteiger partial charge in [0.2, 0.25) is 0 Å². The Morgan fingerprint density at radius 3 is 2.69 bits per heavy atom. The number of thiazole rings is 1. The van der Waals surface area contributed by atoms with Crippen molar-refractivity contribution in [1.82, 2.24) is 4.98 Å². The molecular weight excluding hydrogens is 216 g/mol. The van der Waals surface area contributed by atoms with Crippen molar-refractivity contribution in [3.63, 3.8) is 0 Å². The van der Waals surface area contributed by atoms with Gasteiger partial charge in [0.15, 0.2) is 0 Å². The van der Waals surface area contributed by atoms with Gasteiger partial charge in [0.1, 0.15) is 0 Å². The molecule has 0 unspecified atom stereocenters. The second-order valence-corrected chi connectivity index (χ2v) is 4.88. The lowest BCUT2D eigenvalue weighted by molar-refractivity contribution is 0.922. The summed E-state index contributed by atoms with van der Waals surface area (Å²) in [5, 5.41) is 3.28. The van der Waals surface area contributed by atoms with Gasteiger partial charge >= 0.3 is 0 Å². The van der Waals surface area contributed by atoms with E-state index in [0.717, 1.165) is 18.5 Å². The van der Waals surface area contributed by atoms with E-state index >= 15 is 0 Å². The lowest BCUT2D eigenvalue weighted by Gasteiger charge is -1.98. The van der Waals surface area contributed by atoms with Crippen LogP contribution in [-0.2, 0) is 12.8 Å². The van der Waals surface area contributed by atoms with E-state index < -0.39 is 0 Å². The van der Waals surface area contributed by atoms with Gasteiger partial charge in [-0.3, -0.25) is 0 Å². The summed E-state index contributed by atoms with van der Waals surface area (Å²) in [4.78, 5) is 4.56. The van der Waals surface area contributed by atoms with Crippen molar-refractivity contribution in [3.8, 4) is 0 Å². The van der Waals surface area contributed by atoms with E-state index in [-0.39, 0.29) is 0 Å². The van der Waals surface area contributed by atoms with Crippen LogP contribution in [0.1, 0.15) is 21.8 Å². The number of nitrogens with two attached hydrogens (primary N) is 1. The average molecular weight is 232 g/mol. The Morgan fingerprint density at radius 2 is 2.00 bits per heavy atom. The summed E-state index contributed by atoms with van der Waals surface area (Å²) >= 11 is 1.72. The van der Waals surface area contributed by atoms with Crippen LogP contribution in [0.3, 0.4) is 0 Å². The second-order valence-electron chi connectivity index (χ2n) is 3.93. The Bertz CT molecular complexity index is 445. The molecule has 0 amide bonds. The third-order valence-corrected chi connectivity index (χ3v) is 3.37. The SMILES string of the molecule is Cc1ccc(Cc2nc(CCN)cs2)cc1. The van der Waals surface area contributed by atoms with E-state index in [4.69, 9.17) is 5.73 Å². The second kappa shape index (κ2) is 5.23. The van der Waals surface area contributed by atoms with Crippen LogP contribution >= 0.6 is 11.3 Å². The number of hydrogen-bond donors (Lipinski definition) is 1. The standard InChI is InChI=1S/C13H16N2S/c1-10-2-4-11(5-3-10)8-13-15-12(6-7-14)9-16-13/h2-5,9H,6-8,14H2,1H3. The van der Waals surface area contributed by atoms with Crippen LogP contribution in [0.4, 0.5) is 0 Å². The number of aromatic nitrogens is 1. The van der Waals surface area contributed by atoms with Crippen molar-refractivity contribution >= 4 is 11.3 Å². The minimum Gasteiger partial charge on any atom is -0.330 e. The van der Waals surface area contributed by atoms with Crippen molar-refractivity contribution in [2.75, 3.05) is 6.54 Å². The molecule has 0 saturated heterocycles. The largest absolute Gasteiger partial charge is 0.330 e. The van der Waals surface area contributed by atoms with Gasteiger partial charge in [-0.25, -0.2) is 4.98 Å². The Hall–Kier alpha value is -1.19. The normalized spacial score (nSPS) is 10.6. The highest BCUT2D eigenvalue weighted by Gasteiger charge is 2.02. The third kappa shape index (κ3) is 2.90. The fraction of sp³-hybridized carbons (Fsp3) is 0.308. The summed E-state index contributed by atoms with van der Waals surface area (Å²) in [6.07, 6.45) is 1.81. The van der Waals surface area contributed by atoms with Crippen LogP contribution in [0.5, 0.6) is 0 Å². The molecule has 0 aliphatic carbocycles. The molecular formula is C13H16N2S. The van der Waals surface area contributed by atoms with Crippen molar-refractivity contribution in [2.24, 2.45) is 5.73 Å². The smallest absolute Gasteiger partial charge is 0.0972 e. The topological polar surface area (TPSA) is 38.9 Å². The van der Waals surface area contributed by atoms with Crippen LogP contribution in [0.15, 0.2) is 29.6 Å². The Morgan fingerprint density at radius 1 is 1.25 bits per heavy atom. The summed E-state index contributed by atoms with van der Waals surface area (Å²) in [5.41, 5.74) is 9.24. The highest BCUT2D eigenvalue weighted by atomic mass is 32.1. The van der Waals surface area contributed by atoms with Gasteiger partial charge in [-0.15, -0.1) is 11.3 Å². The van der Waals surface area contributed by atoms with Gasteiger partial charge in [-0.2, -0.15) is 0 Å². The Kier molecular flexibility index (Phi) is 3.70. The molecule has 0 saturated carbocycles. The minimum absolute atomic E-state index is 0.674. The predicted molar refractivity (Wildman–Crippen MR) is 68.9 cm³/mol. The summed E-state index contributed by atoms with van der Waals surface area (Å²) in [6, 6.07) is 8.62. The van der Waals surface area contributed by atoms with E-state index in [2.05, 4.69) is 41.6 Å². The van der Waals surface area contributed by atoms with Crippen LogP contribution in [0, 0.1) is 6.92 Å². The maximum absolute atomic E-state index is 5.50. The molecule has 1 aromatic heterocycles. The first-order chi connectivity index (χ1) is 7.78. The fourth-order valence-electron chi connectivity index (χ4n) is 1.57. The molecule has 0 radical (unpaired) electrons. The molecule has 0 bridgehead atoms. The first-order valence-corrected chi connectivity index (χ1v) is 6.35. The lowest BCUT2D eigenvalue weighted by atomic mass is 10.1. The maximum Gasteiger partial charge on any atom is 0.0972 e. The number of hydrogen-bond acceptors (Lipinski definition) is 3. The molecule has 1 aromatic carbocycles.